The van der Waals surface area contributed by atoms with E-state index in [1.54, 1.807) is 11.8 Å². The molecule has 0 aliphatic carbocycles. The minimum absolute atomic E-state index is 0.523. The van der Waals surface area contributed by atoms with Crippen LogP contribution in [-0.4, -0.2) is 17.9 Å². The van der Waals surface area contributed by atoms with Gasteiger partial charge in [0.2, 0.25) is 0 Å². The lowest BCUT2D eigenvalue weighted by Crippen LogP contribution is -2.21. The summed E-state index contributed by atoms with van der Waals surface area (Å²) in [4.78, 5) is 17.6. The van der Waals surface area contributed by atoms with Crippen LogP contribution in [0.4, 0.5) is 4.79 Å². The van der Waals surface area contributed by atoms with Gasteiger partial charge in [-0.25, -0.2) is 4.79 Å². The van der Waals surface area contributed by atoms with Crippen molar-refractivity contribution >= 4 is 24.1 Å². The fourth-order valence-corrected chi connectivity index (χ4v) is 2.50. The van der Waals surface area contributed by atoms with E-state index in [4.69, 9.17) is 4.74 Å². The van der Waals surface area contributed by atoms with Crippen molar-refractivity contribution in [1.29, 1.82) is 0 Å². The number of hydrogen-bond acceptors (Lipinski definition) is 3. The molecule has 0 fully saturated rings. The number of ether oxygens (including phenoxy) is 1. The normalized spacial score (nSPS) is 11.6. The standard InChI is InChI=1S/C18H19NO2S/c1-18(2,3)21-17(20)19-13-14-9-11-16(12-10-14)22-15-7-5-4-6-8-15/h4-13H,1-3H3/b19-13+. The van der Waals surface area contributed by atoms with Crippen molar-refractivity contribution in [3.8, 4) is 0 Å². The molecule has 3 nitrogen and oxygen atoms in total. The second kappa shape index (κ2) is 7.27. The van der Waals surface area contributed by atoms with Crippen LogP contribution in [0, 0.1) is 0 Å². The third-order valence-electron chi connectivity index (χ3n) is 2.57. The van der Waals surface area contributed by atoms with Gasteiger partial charge in [0.05, 0.1) is 0 Å². The van der Waals surface area contributed by atoms with Gasteiger partial charge in [-0.05, 0) is 50.6 Å². The van der Waals surface area contributed by atoms with Gasteiger partial charge < -0.3 is 4.74 Å². The fraction of sp³-hybridized carbons (Fsp3) is 0.222. The van der Waals surface area contributed by atoms with Crippen LogP contribution >= 0.6 is 11.8 Å². The number of nitrogens with zero attached hydrogens (tertiary/aromatic N) is 1. The van der Waals surface area contributed by atoms with Crippen LogP contribution < -0.4 is 0 Å². The molecule has 0 atom stereocenters. The molecule has 0 N–H and O–H groups in total. The molecule has 2 aromatic carbocycles. The van der Waals surface area contributed by atoms with Crippen molar-refractivity contribution in [2.24, 2.45) is 4.99 Å². The summed E-state index contributed by atoms with van der Waals surface area (Å²) >= 11 is 1.69. The number of carbonyl (C=O) groups excluding carboxylic acids is 1. The third kappa shape index (κ3) is 5.74. The zero-order valence-electron chi connectivity index (χ0n) is 12.9. The van der Waals surface area contributed by atoms with E-state index >= 15 is 0 Å². The summed E-state index contributed by atoms with van der Waals surface area (Å²) in [5.74, 6) is 0. The summed E-state index contributed by atoms with van der Waals surface area (Å²) in [6.07, 6.45) is 0.945. The highest BCUT2D eigenvalue weighted by molar-refractivity contribution is 7.99. The van der Waals surface area contributed by atoms with E-state index in [1.165, 1.54) is 11.1 Å². The number of amides is 1. The first-order chi connectivity index (χ1) is 10.4. The van der Waals surface area contributed by atoms with Gasteiger partial charge in [-0.3, -0.25) is 0 Å². The lowest BCUT2D eigenvalue weighted by Gasteiger charge is -2.17. The monoisotopic (exact) mass is 313 g/mol. The maximum Gasteiger partial charge on any atom is 0.434 e. The summed E-state index contributed by atoms with van der Waals surface area (Å²) in [7, 11) is 0. The Hall–Kier alpha value is -2.07. The van der Waals surface area contributed by atoms with E-state index < -0.39 is 11.7 Å². The predicted molar refractivity (Wildman–Crippen MR) is 90.8 cm³/mol. The van der Waals surface area contributed by atoms with E-state index in [2.05, 4.69) is 17.1 Å². The van der Waals surface area contributed by atoms with Crippen LogP contribution in [0.25, 0.3) is 0 Å². The zero-order chi connectivity index (χ0) is 16.0. The van der Waals surface area contributed by atoms with Crippen LogP contribution in [0.15, 0.2) is 69.4 Å². The Labute approximate surface area is 135 Å². The highest BCUT2D eigenvalue weighted by atomic mass is 32.2. The number of carbonyl (C=O) groups is 1. The SMILES string of the molecule is CC(C)(C)OC(=O)/N=C/c1ccc(Sc2ccccc2)cc1. The molecule has 0 saturated heterocycles. The Balaban J connectivity index is 1.96. The molecule has 22 heavy (non-hydrogen) atoms. The average molecular weight is 313 g/mol. The van der Waals surface area contributed by atoms with Crippen LogP contribution in [0.1, 0.15) is 26.3 Å². The molecule has 0 saturated carbocycles. The summed E-state index contributed by atoms with van der Waals surface area (Å²) in [5, 5.41) is 0. The lowest BCUT2D eigenvalue weighted by molar-refractivity contribution is 0.0605. The smallest absolute Gasteiger partial charge is 0.434 e. The number of aliphatic imine (C=N–C) groups is 1. The summed E-state index contributed by atoms with van der Waals surface area (Å²) < 4.78 is 5.12. The molecule has 0 unspecified atom stereocenters. The summed E-state index contributed by atoms with van der Waals surface area (Å²) in [6.45, 7) is 5.45. The molecule has 4 heteroatoms. The molecule has 0 bridgehead atoms. The zero-order valence-corrected chi connectivity index (χ0v) is 13.8. The van der Waals surface area contributed by atoms with E-state index in [9.17, 15) is 4.79 Å². The Bertz CT molecular complexity index is 643. The lowest BCUT2D eigenvalue weighted by atomic mass is 10.2. The molecular weight excluding hydrogens is 294 g/mol. The molecule has 2 aromatic rings. The quantitative estimate of drug-likeness (QED) is 0.732. The predicted octanol–water partition coefficient (Wildman–Crippen LogP) is 5.19. The topological polar surface area (TPSA) is 38.7 Å². The van der Waals surface area contributed by atoms with Crippen molar-refractivity contribution in [2.45, 2.75) is 36.2 Å². The van der Waals surface area contributed by atoms with Gasteiger partial charge in [0, 0.05) is 16.0 Å². The Morgan fingerprint density at radius 3 is 2.18 bits per heavy atom. The fourth-order valence-electron chi connectivity index (χ4n) is 1.66. The van der Waals surface area contributed by atoms with E-state index in [0.29, 0.717) is 0 Å². The second-order valence-corrected chi connectivity index (χ2v) is 6.87. The van der Waals surface area contributed by atoms with E-state index in [1.807, 2.05) is 63.2 Å². The van der Waals surface area contributed by atoms with Crippen molar-refractivity contribution < 1.29 is 9.53 Å². The van der Waals surface area contributed by atoms with Crippen LogP contribution in [0.2, 0.25) is 0 Å². The Kier molecular flexibility index (Phi) is 5.39. The van der Waals surface area contributed by atoms with Gasteiger partial charge in [-0.15, -0.1) is 0 Å². The summed E-state index contributed by atoms with van der Waals surface area (Å²) in [6, 6.07) is 18.1. The first kappa shape index (κ1) is 16.3. The molecule has 0 spiro atoms. The van der Waals surface area contributed by atoms with Gasteiger partial charge in [-0.1, -0.05) is 42.1 Å². The Morgan fingerprint density at radius 2 is 1.59 bits per heavy atom. The minimum Gasteiger partial charge on any atom is -0.442 e. The van der Waals surface area contributed by atoms with Crippen LogP contribution in [0.5, 0.6) is 0 Å². The van der Waals surface area contributed by atoms with Crippen molar-refractivity contribution in [1.82, 2.24) is 0 Å². The molecule has 2 rings (SSSR count). The van der Waals surface area contributed by atoms with Gasteiger partial charge in [-0.2, -0.15) is 4.99 Å². The molecule has 114 valence electrons. The average Bonchev–Trinajstić information content (AvgIpc) is 2.46. The molecule has 0 heterocycles. The molecule has 1 amide bonds. The number of hydrogen-bond donors (Lipinski definition) is 0. The van der Waals surface area contributed by atoms with E-state index in [0.717, 1.165) is 10.5 Å². The van der Waals surface area contributed by atoms with Crippen molar-refractivity contribution in [2.75, 3.05) is 0 Å². The maximum absolute atomic E-state index is 11.5. The molecule has 0 aliphatic heterocycles. The first-order valence-corrected chi connectivity index (χ1v) is 7.84. The van der Waals surface area contributed by atoms with Crippen LogP contribution in [-0.2, 0) is 4.74 Å². The molecule has 0 aliphatic rings. The highest BCUT2D eigenvalue weighted by Gasteiger charge is 2.14. The summed E-state index contributed by atoms with van der Waals surface area (Å²) in [5.41, 5.74) is 0.341. The number of benzene rings is 2. The van der Waals surface area contributed by atoms with Crippen molar-refractivity contribution in [3.63, 3.8) is 0 Å². The van der Waals surface area contributed by atoms with Crippen molar-refractivity contribution in [3.05, 3.63) is 60.2 Å². The molecule has 0 radical (unpaired) electrons. The molecule has 0 aromatic heterocycles. The third-order valence-corrected chi connectivity index (χ3v) is 3.59. The highest BCUT2D eigenvalue weighted by Crippen LogP contribution is 2.27. The van der Waals surface area contributed by atoms with E-state index in [-0.39, 0.29) is 0 Å². The van der Waals surface area contributed by atoms with Gasteiger partial charge in [0.1, 0.15) is 5.60 Å². The van der Waals surface area contributed by atoms with Gasteiger partial charge in [0.25, 0.3) is 0 Å². The Morgan fingerprint density at radius 1 is 1.00 bits per heavy atom. The molecular formula is C18H19NO2S. The van der Waals surface area contributed by atoms with Crippen LogP contribution in [0.3, 0.4) is 0 Å². The van der Waals surface area contributed by atoms with Gasteiger partial charge >= 0.3 is 6.09 Å². The first-order valence-electron chi connectivity index (χ1n) is 7.02. The second-order valence-electron chi connectivity index (χ2n) is 5.72. The van der Waals surface area contributed by atoms with Gasteiger partial charge in [0.15, 0.2) is 0 Å². The largest absolute Gasteiger partial charge is 0.442 e. The maximum atomic E-state index is 11.5. The minimum atomic E-state index is -0.574. The number of rotatable bonds is 3.